The molecule has 0 N–H and O–H groups in total. The smallest absolute Gasteiger partial charge is 0.228 e. The fourth-order valence-electron chi connectivity index (χ4n) is 2.76. The Morgan fingerprint density at radius 2 is 1.87 bits per heavy atom. The first-order valence-electron chi connectivity index (χ1n) is 8.14. The van der Waals surface area contributed by atoms with Crippen molar-refractivity contribution >= 4 is 17.2 Å². The molecule has 1 aliphatic heterocycles. The van der Waals surface area contributed by atoms with E-state index in [4.69, 9.17) is 0 Å². The minimum absolute atomic E-state index is 0.206. The zero-order valence-electron chi connectivity index (χ0n) is 13.6. The van der Waals surface area contributed by atoms with E-state index in [-0.39, 0.29) is 5.91 Å². The van der Waals surface area contributed by atoms with Crippen molar-refractivity contribution in [1.82, 2.24) is 14.8 Å². The number of likely N-dealkylation sites (N-methyl/N-ethyl adjacent to an activating group) is 1. The molecular formula is C18H23N3OS. The van der Waals surface area contributed by atoms with E-state index in [0.29, 0.717) is 6.42 Å². The number of aromatic nitrogens is 1. The number of amides is 1. The van der Waals surface area contributed by atoms with Gasteiger partial charge in [-0.1, -0.05) is 30.3 Å². The highest BCUT2D eigenvalue weighted by Gasteiger charge is 2.19. The van der Waals surface area contributed by atoms with Crippen LogP contribution in [-0.4, -0.2) is 53.9 Å². The lowest BCUT2D eigenvalue weighted by atomic mass is 10.1. The van der Waals surface area contributed by atoms with Gasteiger partial charge < -0.3 is 9.80 Å². The molecule has 1 aromatic heterocycles. The number of thiazole rings is 1. The molecule has 0 unspecified atom stereocenters. The van der Waals surface area contributed by atoms with Crippen molar-refractivity contribution in [3.8, 4) is 0 Å². The van der Waals surface area contributed by atoms with Crippen LogP contribution in [0.3, 0.4) is 0 Å². The van der Waals surface area contributed by atoms with Crippen molar-refractivity contribution in [3.63, 3.8) is 0 Å². The predicted octanol–water partition coefficient (Wildman–Crippen LogP) is 2.24. The Morgan fingerprint density at radius 3 is 2.61 bits per heavy atom. The Morgan fingerprint density at radius 1 is 1.13 bits per heavy atom. The van der Waals surface area contributed by atoms with Crippen LogP contribution in [0.5, 0.6) is 0 Å². The number of carbonyl (C=O) groups excluding carboxylic acids is 1. The van der Waals surface area contributed by atoms with Crippen molar-refractivity contribution < 1.29 is 4.79 Å². The largest absolute Gasteiger partial charge is 0.340 e. The van der Waals surface area contributed by atoms with E-state index in [9.17, 15) is 4.79 Å². The molecule has 4 nitrogen and oxygen atoms in total. The quantitative estimate of drug-likeness (QED) is 0.844. The first-order valence-corrected chi connectivity index (χ1v) is 9.02. The second-order valence-corrected chi connectivity index (χ2v) is 7.02. The number of aryl methyl sites for hydroxylation is 2. The fourth-order valence-corrected chi connectivity index (χ4v) is 3.56. The normalized spacial score (nSPS) is 15.8. The first-order chi connectivity index (χ1) is 11.2. The summed E-state index contributed by atoms with van der Waals surface area (Å²) >= 11 is 1.67. The Hall–Kier alpha value is -1.72. The Labute approximate surface area is 141 Å². The number of carbonyl (C=O) groups is 1. The third-order valence-corrected chi connectivity index (χ3v) is 5.22. The average molecular weight is 329 g/mol. The third kappa shape index (κ3) is 4.62. The van der Waals surface area contributed by atoms with Crippen LogP contribution in [0.25, 0.3) is 0 Å². The van der Waals surface area contributed by atoms with E-state index >= 15 is 0 Å². The number of hydrogen-bond donors (Lipinski definition) is 0. The van der Waals surface area contributed by atoms with Crippen molar-refractivity contribution in [3.05, 3.63) is 52.0 Å². The number of nitrogens with zero attached hydrogens (tertiary/aromatic N) is 3. The Balaban J connectivity index is 1.50. The predicted molar refractivity (Wildman–Crippen MR) is 93.7 cm³/mol. The van der Waals surface area contributed by atoms with Crippen LogP contribution in [-0.2, 0) is 24.1 Å². The molecule has 3 rings (SSSR count). The molecule has 1 amide bonds. The minimum atomic E-state index is 0.206. The summed E-state index contributed by atoms with van der Waals surface area (Å²) in [6.07, 6.45) is 2.38. The van der Waals surface area contributed by atoms with Crippen molar-refractivity contribution in [1.29, 1.82) is 0 Å². The summed E-state index contributed by atoms with van der Waals surface area (Å²) in [6, 6.07) is 10.5. The van der Waals surface area contributed by atoms with Gasteiger partial charge in [0.05, 0.1) is 17.1 Å². The van der Waals surface area contributed by atoms with Crippen molar-refractivity contribution in [2.45, 2.75) is 19.3 Å². The lowest BCUT2D eigenvalue weighted by molar-refractivity contribution is -0.132. The molecule has 1 aliphatic rings. The summed E-state index contributed by atoms with van der Waals surface area (Å²) in [4.78, 5) is 21.2. The summed E-state index contributed by atoms with van der Waals surface area (Å²) in [5.74, 6) is 0.206. The lowest BCUT2D eigenvalue weighted by Gasteiger charge is -2.32. The first kappa shape index (κ1) is 16.1. The summed E-state index contributed by atoms with van der Waals surface area (Å²) in [5, 5.41) is 3.16. The van der Waals surface area contributed by atoms with Crippen LogP contribution in [0.1, 0.15) is 16.3 Å². The standard InChI is InChI=1S/C18H23N3OS/c1-20-9-11-21(12-10-20)18(22)13-16-14-23-17(19-16)8-7-15-5-3-2-4-6-15/h2-6,14H,7-13H2,1H3. The molecule has 1 fully saturated rings. The number of rotatable bonds is 5. The second-order valence-electron chi connectivity index (χ2n) is 6.08. The minimum Gasteiger partial charge on any atom is -0.340 e. The van der Waals surface area contributed by atoms with Gasteiger partial charge >= 0.3 is 0 Å². The third-order valence-electron chi connectivity index (χ3n) is 4.26. The van der Waals surface area contributed by atoms with Gasteiger partial charge in [0, 0.05) is 38.0 Å². The maximum atomic E-state index is 12.3. The molecule has 0 saturated carbocycles. The molecule has 23 heavy (non-hydrogen) atoms. The van der Waals surface area contributed by atoms with Gasteiger partial charge in [-0.05, 0) is 19.0 Å². The maximum absolute atomic E-state index is 12.3. The van der Waals surface area contributed by atoms with E-state index in [1.165, 1.54) is 5.56 Å². The molecule has 122 valence electrons. The van der Waals surface area contributed by atoms with Gasteiger partial charge in [0.1, 0.15) is 0 Å². The maximum Gasteiger partial charge on any atom is 0.228 e. The molecule has 1 saturated heterocycles. The number of hydrogen-bond acceptors (Lipinski definition) is 4. The van der Waals surface area contributed by atoms with Gasteiger partial charge in [0.15, 0.2) is 0 Å². The van der Waals surface area contributed by atoms with Crippen molar-refractivity contribution in [2.75, 3.05) is 33.2 Å². The molecule has 2 heterocycles. The van der Waals surface area contributed by atoms with Gasteiger partial charge in [0.25, 0.3) is 0 Å². The number of piperazine rings is 1. The fraction of sp³-hybridized carbons (Fsp3) is 0.444. The van der Waals surface area contributed by atoms with E-state index in [1.54, 1.807) is 11.3 Å². The van der Waals surface area contributed by atoms with Gasteiger partial charge in [-0.3, -0.25) is 4.79 Å². The van der Waals surface area contributed by atoms with Gasteiger partial charge in [-0.25, -0.2) is 4.98 Å². The summed E-state index contributed by atoms with van der Waals surface area (Å²) < 4.78 is 0. The van der Waals surface area contributed by atoms with Crippen LogP contribution < -0.4 is 0 Å². The summed E-state index contributed by atoms with van der Waals surface area (Å²) in [6.45, 7) is 3.59. The van der Waals surface area contributed by atoms with E-state index in [0.717, 1.165) is 49.7 Å². The van der Waals surface area contributed by atoms with Crippen molar-refractivity contribution in [2.24, 2.45) is 0 Å². The van der Waals surface area contributed by atoms with Crippen LogP contribution in [0, 0.1) is 0 Å². The molecule has 0 atom stereocenters. The molecule has 0 spiro atoms. The van der Waals surface area contributed by atoms with Crippen LogP contribution in [0.2, 0.25) is 0 Å². The zero-order chi connectivity index (χ0) is 16.1. The van der Waals surface area contributed by atoms with Gasteiger partial charge in [0.2, 0.25) is 5.91 Å². The topological polar surface area (TPSA) is 36.4 Å². The van der Waals surface area contributed by atoms with Crippen LogP contribution in [0.4, 0.5) is 0 Å². The monoisotopic (exact) mass is 329 g/mol. The Kier molecular flexibility index (Phi) is 5.41. The average Bonchev–Trinajstić information content (AvgIpc) is 3.02. The Bertz CT molecular complexity index is 633. The lowest BCUT2D eigenvalue weighted by Crippen LogP contribution is -2.47. The summed E-state index contributed by atoms with van der Waals surface area (Å²) in [7, 11) is 2.10. The SMILES string of the molecule is CN1CCN(C(=O)Cc2csc(CCc3ccccc3)n2)CC1. The zero-order valence-corrected chi connectivity index (χ0v) is 14.4. The van der Waals surface area contributed by atoms with Crippen LogP contribution in [0.15, 0.2) is 35.7 Å². The molecule has 0 radical (unpaired) electrons. The van der Waals surface area contributed by atoms with E-state index < -0.39 is 0 Å². The van der Waals surface area contributed by atoms with Crippen LogP contribution >= 0.6 is 11.3 Å². The second kappa shape index (κ2) is 7.70. The molecule has 0 aliphatic carbocycles. The van der Waals surface area contributed by atoms with E-state index in [2.05, 4.69) is 41.2 Å². The summed E-state index contributed by atoms with van der Waals surface area (Å²) in [5.41, 5.74) is 2.25. The molecule has 1 aromatic carbocycles. The highest BCUT2D eigenvalue weighted by Crippen LogP contribution is 2.14. The molecule has 0 bridgehead atoms. The molecule has 2 aromatic rings. The van der Waals surface area contributed by atoms with Gasteiger partial charge in [-0.2, -0.15) is 0 Å². The molecular weight excluding hydrogens is 306 g/mol. The number of benzene rings is 1. The van der Waals surface area contributed by atoms with E-state index in [1.807, 2.05) is 16.3 Å². The molecule has 5 heteroatoms. The van der Waals surface area contributed by atoms with Gasteiger partial charge in [-0.15, -0.1) is 11.3 Å². The highest BCUT2D eigenvalue weighted by molar-refractivity contribution is 7.09. The highest BCUT2D eigenvalue weighted by atomic mass is 32.1.